The Hall–Kier alpha value is -1.77. The zero-order chi connectivity index (χ0) is 25.9. The molecule has 0 spiro atoms. The van der Waals surface area contributed by atoms with Gasteiger partial charge in [0.2, 0.25) is 6.33 Å². The highest BCUT2D eigenvalue weighted by Crippen LogP contribution is 2.60. The molecule has 1 aromatic heterocycles. The van der Waals surface area contributed by atoms with Crippen LogP contribution in [0.15, 0.2) is 12.7 Å². The first kappa shape index (κ1) is 29.3. The van der Waals surface area contributed by atoms with E-state index in [1.165, 1.54) is 4.68 Å². The van der Waals surface area contributed by atoms with E-state index >= 15 is 0 Å². The van der Waals surface area contributed by atoms with Gasteiger partial charge in [-0.3, -0.25) is 0 Å². The van der Waals surface area contributed by atoms with Crippen molar-refractivity contribution in [3.8, 4) is 0 Å². The number of hydrogen-bond acceptors (Lipinski definition) is 1. The first-order valence-corrected chi connectivity index (χ1v) is 9.63. The Balaban J connectivity index is 2.95. The summed E-state index contributed by atoms with van der Waals surface area (Å²) in [4.78, 5) is 0. The number of hydrogen-bond donors (Lipinski definition) is 0. The van der Waals surface area contributed by atoms with Gasteiger partial charge in [0.15, 0.2) is 0 Å². The summed E-state index contributed by atoms with van der Waals surface area (Å²) in [6, 6.07) is 0. The fraction of sp³-hybridized carbons (Fsp3) is 0.882. The molecule has 194 valence electrons. The van der Waals surface area contributed by atoms with Crippen LogP contribution >= 0.6 is 0 Å². The van der Waals surface area contributed by atoms with Crippen LogP contribution in [0.1, 0.15) is 45.4 Å². The predicted octanol–water partition coefficient (Wildman–Crippen LogP) is 6.27. The van der Waals surface area contributed by atoms with Gasteiger partial charge in [0.1, 0.15) is 6.54 Å². The predicted molar refractivity (Wildman–Crippen MR) is 86.6 cm³/mol. The largest absolute Gasteiger partial charge is 0.460 e. The highest BCUT2D eigenvalue weighted by Gasteiger charge is 2.90. The molecule has 0 radical (unpaired) electrons. The Morgan fingerprint density at radius 2 is 1.21 bits per heavy atom. The Morgan fingerprint density at radius 3 is 1.73 bits per heavy atom. The molecule has 0 bridgehead atoms. The highest BCUT2D eigenvalue weighted by molar-refractivity contribution is 5.09. The number of rotatable bonds is 13. The van der Waals surface area contributed by atoms with Gasteiger partial charge in [-0.05, 0) is 6.42 Å². The van der Waals surface area contributed by atoms with E-state index in [1.54, 1.807) is 0 Å². The van der Waals surface area contributed by atoms with Crippen LogP contribution in [0, 0.1) is 0 Å². The van der Waals surface area contributed by atoms with Gasteiger partial charge in [-0.2, -0.15) is 57.1 Å². The van der Waals surface area contributed by atoms with E-state index < -0.39 is 48.8 Å². The van der Waals surface area contributed by atoms with Crippen molar-refractivity contribution in [2.75, 3.05) is 0 Å². The monoisotopic (exact) mass is 514 g/mol. The van der Waals surface area contributed by atoms with Gasteiger partial charge in [0.25, 0.3) is 6.33 Å². The van der Waals surface area contributed by atoms with Crippen molar-refractivity contribution in [1.29, 1.82) is 0 Å². The van der Waals surface area contributed by atoms with E-state index in [9.17, 15) is 57.1 Å². The molecule has 0 atom stereocenters. The average molecular weight is 514 g/mol. The van der Waals surface area contributed by atoms with Gasteiger partial charge >= 0.3 is 35.8 Å². The Labute approximate surface area is 179 Å². The number of aromatic nitrogens is 3. The zero-order valence-corrected chi connectivity index (χ0v) is 17.1. The summed E-state index contributed by atoms with van der Waals surface area (Å²) in [7, 11) is 0. The molecular weight excluding hydrogens is 493 g/mol. The molecule has 0 saturated carbocycles. The van der Waals surface area contributed by atoms with E-state index in [0.29, 0.717) is 13.0 Å². The van der Waals surface area contributed by atoms with Crippen molar-refractivity contribution in [3.05, 3.63) is 12.7 Å². The summed E-state index contributed by atoms with van der Waals surface area (Å²) in [6.07, 6.45) is -3.56. The first-order chi connectivity index (χ1) is 14.8. The van der Waals surface area contributed by atoms with Crippen molar-refractivity contribution >= 4 is 0 Å². The van der Waals surface area contributed by atoms with Crippen molar-refractivity contribution in [2.45, 2.75) is 94.3 Å². The zero-order valence-electron chi connectivity index (χ0n) is 17.1. The molecule has 0 fully saturated rings. The number of nitrogens with zero attached hydrogens (tertiary/aromatic N) is 3. The van der Waals surface area contributed by atoms with Crippen molar-refractivity contribution < 1.29 is 61.6 Å². The minimum atomic E-state index is -7.87. The Kier molecular flexibility index (Phi) is 8.73. The summed E-state index contributed by atoms with van der Waals surface area (Å²) in [5.41, 5.74) is 0. The molecule has 0 saturated heterocycles. The van der Waals surface area contributed by atoms with Gasteiger partial charge in [-0.25, -0.2) is 4.57 Å². The molecule has 0 aliphatic rings. The highest BCUT2D eigenvalue weighted by atomic mass is 19.4. The molecule has 0 N–H and O–H groups in total. The molecule has 1 aromatic rings. The van der Waals surface area contributed by atoms with Crippen LogP contribution in [0.5, 0.6) is 0 Å². The lowest BCUT2D eigenvalue weighted by atomic mass is 9.92. The van der Waals surface area contributed by atoms with E-state index in [4.69, 9.17) is 0 Å². The topological polar surface area (TPSA) is 21.7 Å². The summed E-state index contributed by atoms with van der Waals surface area (Å²) in [6.45, 7) is 1.07. The lowest BCUT2D eigenvalue weighted by Gasteiger charge is -2.39. The second-order valence-electron chi connectivity index (χ2n) is 7.41. The molecular formula is C17H21F13N3+. The van der Waals surface area contributed by atoms with Gasteiger partial charge in [-0.15, -0.1) is 4.68 Å². The number of alkyl halides is 13. The molecule has 0 aliphatic heterocycles. The Bertz CT molecular complexity index is 756. The SMILES string of the molecule is CCCCCCCn1c[n+](CCC(F)(F)C(F)(F)C(F)(F)C(F)(F)C(F)(F)C(F)(F)F)cn1. The van der Waals surface area contributed by atoms with Gasteiger partial charge < -0.3 is 0 Å². The van der Waals surface area contributed by atoms with Crippen LogP contribution < -0.4 is 4.57 Å². The maximum Gasteiger partial charge on any atom is 0.460 e. The minimum Gasteiger partial charge on any atom is -0.237 e. The maximum atomic E-state index is 13.8. The fourth-order valence-corrected chi connectivity index (χ4v) is 2.70. The molecule has 0 amide bonds. The smallest absolute Gasteiger partial charge is 0.237 e. The molecule has 0 aromatic carbocycles. The average Bonchev–Trinajstić information content (AvgIpc) is 3.12. The van der Waals surface area contributed by atoms with Crippen molar-refractivity contribution in [2.24, 2.45) is 0 Å². The van der Waals surface area contributed by atoms with Crippen LogP contribution in [-0.2, 0) is 13.1 Å². The number of halogens is 13. The lowest BCUT2D eigenvalue weighted by molar-refractivity contribution is -0.701. The first-order valence-electron chi connectivity index (χ1n) is 9.63. The fourth-order valence-electron chi connectivity index (χ4n) is 2.70. The third-order valence-electron chi connectivity index (χ3n) is 4.80. The van der Waals surface area contributed by atoms with E-state index in [1.807, 2.05) is 6.92 Å². The van der Waals surface area contributed by atoms with Crippen molar-refractivity contribution in [3.63, 3.8) is 0 Å². The van der Waals surface area contributed by atoms with Crippen LogP contribution in [0.4, 0.5) is 57.1 Å². The van der Waals surface area contributed by atoms with Gasteiger partial charge in [0.05, 0.1) is 6.54 Å². The van der Waals surface area contributed by atoms with E-state index in [2.05, 4.69) is 5.10 Å². The van der Waals surface area contributed by atoms with Crippen molar-refractivity contribution in [1.82, 2.24) is 9.78 Å². The normalized spacial score (nSPS) is 14.7. The van der Waals surface area contributed by atoms with E-state index in [-0.39, 0.29) is 0 Å². The second-order valence-corrected chi connectivity index (χ2v) is 7.41. The third kappa shape index (κ3) is 5.66. The van der Waals surface area contributed by atoms with Crippen LogP contribution in [-0.4, -0.2) is 45.6 Å². The molecule has 16 heteroatoms. The summed E-state index contributed by atoms with van der Waals surface area (Å²) in [5, 5.41) is 3.70. The third-order valence-corrected chi connectivity index (χ3v) is 4.80. The van der Waals surface area contributed by atoms with Crippen LogP contribution in [0.25, 0.3) is 0 Å². The van der Waals surface area contributed by atoms with E-state index in [0.717, 1.165) is 42.9 Å². The molecule has 3 nitrogen and oxygen atoms in total. The molecule has 33 heavy (non-hydrogen) atoms. The summed E-state index contributed by atoms with van der Waals surface area (Å²) >= 11 is 0. The van der Waals surface area contributed by atoms with Gasteiger partial charge in [-0.1, -0.05) is 32.6 Å². The van der Waals surface area contributed by atoms with Crippen LogP contribution in [0.3, 0.4) is 0 Å². The minimum absolute atomic E-state index is 0.292. The number of aryl methyl sites for hydroxylation is 2. The lowest BCUT2D eigenvalue weighted by Crippen LogP contribution is -2.70. The maximum absolute atomic E-state index is 13.8. The quantitative estimate of drug-likeness (QED) is 0.173. The molecule has 0 unspecified atom stereocenters. The number of unbranched alkanes of at least 4 members (excludes halogenated alkanes) is 4. The standard InChI is InChI=1S/C17H21F13N3/c1-2-3-4-5-6-8-33-11-32(10-31-33)9-7-12(18,19)13(20,21)14(22,23)15(24,25)16(26,27)17(28,29)30/h10-11H,2-9H2,1H3/q+1. The molecule has 1 heterocycles. The molecule has 1 rings (SSSR count). The molecule has 0 aliphatic carbocycles. The summed E-state index contributed by atoms with van der Waals surface area (Å²) in [5.74, 6) is -36.7. The summed E-state index contributed by atoms with van der Waals surface area (Å²) < 4.78 is 172. The van der Waals surface area contributed by atoms with Crippen LogP contribution in [0.2, 0.25) is 0 Å². The van der Waals surface area contributed by atoms with Gasteiger partial charge in [0, 0.05) is 11.5 Å². The Morgan fingerprint density at radius 1 is 0.697 bits per heavy atom. The second kappa shape index (κ2) is 9.84.